The summed E-state index contributed by atoms with van der Waals surface area (Å²) in [5.74, 6) is 1.32. The Morgan fingerprint density at radius 2 is 2.20 bits per heavy atom. The third-order valence-corrected chi connectivity index (χ3v) is 2.91. The van der Waals surface area contributed by atoms with Crippen LogP contribution in [0.4, 0.5) is 0 Å². The van der Waals surface area contributed by atoms with E-state index in [1.54, 1.807) is 0 Å². The summed E-state index contributed by atoms with van der Waals surface area (Å²) in [7, 11) is 0. The van der Waals surface area contributed by atoms with Crippen LogP contribution in [0.5, 0.6) is 0 Å². The molecule has 1 N–H and O–H groups in total. The summed E-state index contributed by atoms with van der Waals surface area (Å²) in [5.41, 5.74) is 0. The third kappa shape index (κ3) is 1.51. The second-order valence-electron chi connectivity index (χ2n) is 3.55. The largest absolute Gasteiger partial charge is 0.393 e. The van der Waals surface area contributed by atoms with Crippen molar-refractivity contribution < 1.29 is 5.11 Å². The van der Waals surface area contributed by atoms with Crippen LogP contribution < -0.4 is 0 Å². The van der Waals surface area contributed by atoms with Crippen molar-refractivity contribution in [1.29, 1.82) is 0 Å². The Hall–Kier alpha value is -0.0400. The zero-order chi connectivity index (χ0) is 7.56. The minimum Gasteiger partial charge on any atom is -0.393 e. The van der Waals surface area contributed by atoms with Crippen molar-refractivity contribution in [3.8, 4) is 0 Å². The lowest BCUT2D eigenvalue weighted by atomic mass is 9.89. The molecule has 0 aromatic heterocycles. The predicted octanol–water partition coefficient (Wildman–Crippen LogP) is 2.19. The minimum atomic E-state index is 0.00921. The molecule has 1 nitrogen and oxygen atoms in total. The molecule has 10 heavy (non-hydrogen) atoms. The molecule has 0 bridgehead atoms. The molecule has 0 spiro atoms. The van der Waals surface area contributed by atoms with Gasteiger partial charge in [0.15, 0.2) is 0 Å². The van der Waals surface area contributed by atoms with E-state index in [0.717, 1.165) is 12.3 Å². The van der Waals surface area contributed by atoms with Crippen LogP contribution in [-0.4, -0.2) is 11.2 Å². The summed E-state index contributed by atoms with van der Waals surface area (Å²) < 4.78 is 0. The molecule has 1 saturated carbocycles. The quantitative estimate of drug-likeness (QED) is 0.626. The molecule has 1 aliphatic rings. The van der Waals surface area contributed by atoms with Gasteiger partial charge in [0.05, 0.1) is 6.10 Å². The van der Waals surface area contributed by atoms with E-state index in [4.69, 9.17) is 0 Å². The zero-order valence-electron chi connectivity index (χ0n) is 7.01. The Morgan fingerprint density at radius 1 is 1.50 bits per heavy atom. The Kier molecular flexibility index (Phi) is 2.72. The van der Waals surface area contributed by atoms with E-state index in [-0.39, 0.29) is 6.10 Å². The van der Waals surface area contributed by atoms with Gasteiger partial charge in [0.25, 0.3) is 0 Å². The molecule has 0 aliphatic heterocycles. The van der Waals surface area contributed by atoms with Gasteiger partial charge in [-0.3, -0.25) is 0 Å². The van der Waals surface area contributed by atoms with Crippen LogP contribution in [-0.2, 0) is 0 Å². The van der Waals surface area contributed by atoms with Crippen LogP contribution in [0.2, 0.25) is 0 Å². The maximum Gasteiger partial charge on any atom is 0.0570 e. The van der Waals surface area contributed by atoms with E-state index in [2.05, 4.69) is 13.8 Å². The van der Waals surface area contributed by atoms with Gasteiger partial charge in [0.1, 0.15) is 0 Å². The average molecular weight is 142 g/mol. The van der Waals surface area contributed by atoms with Crippen molar-refractivity contribution >= 4 is 0 Å². The fourth-order valence-corrected chi connectivity index (χ4v) is 1.94. The number of aliphatic hydroxyl groups is 1. The first-order chi connectivity index (χ1) is 4.75. The van der Waals surface area contributed by atoms with E-state index < -0.39 is 0 Å². The normalized spacial score (nSPS) is 36.3. The van der Waals surface area contributed by atoms with Crippen molar-refractivity contribution in [3.05, 3.63) is 0 Å². The molecule has 60 valence electrons. The van der Waals surface area contributed by atoms with Crippen LogP contribution in [0, 0.1) is 11.8 Å². The number of aliphatic hydroxyl groups excluding tert-OH is 1. The van der Waals surface area contributed by atoms with E-state index in [9.17, 15) is 5.11 Å². The lowest BCUT2D eigenvalue weighted by Gasteiger charge is -2.20. The second-order valence-corrected chi connectivity index (χ2v) is 3.55. The maximum absolute atomic E-state index is 9.49. The molecular weight excluding hydrogens is 124 g/mol. The summed E-state index contributed by atoms with van der Waals surface area (Å²) in [5, 5.41) is 9.49. The Morgan fingerprint density at radius 3 is 2.60 bits per heavy atom. The van der Waals surface area contributed by atoms with Crippen LogP contribution in [0.15, 0.2) is 0 Å². The molecule has 0 aromatic rings. The van der Waals surface area contributed by atoms with Gasteiger partial charge in [-0.25, -0.2) is 0 Å². The fraction of sp³-hybridized carbons (Fsp3) is 1.00. The molecule has 3 unspecified atom stereocenters. The van der Waals surface area contributed by atoms with E-state index in [1.165, 1.54) is 19.3 Å². The molecule has 0 radical (unpaired) electrons. The predicted molar refractivity (Wildman–Crippen MR) is 42.8 cm³/mol. The van der Waals surface area contributed by atoms with Gasteiger partial charge in [-0.1, -0.05) is 26.7 Å². The van der Waals surface area contributed by atoms with Gasteiger partial charge < -0.3 is 5.11 Å². The molecule has 0 amide bonds. The van der Waals surface area contributed by atoms with E-state index in [1.807, 2.05) is 0 Å². The molecule has 3 atom stereocenters. The van der Waals surface area contributed by atoms with Crippen molar-refractivity contribution in [1.82, 2.24) is 0 Å². The van der Waals surface area contributed by atoms with Gasteiger partial charge in [0, 0.05) is 0 Å². The second kappa shape index (κ2) is 3.38. The first-order valence-electron chi connectivity index (χ1n) is 4.43. The Balaban J connectivity index is 2.38. The summed E-state index contributed by atoms with van der Waals surface area (Å²) >= 11 is 0. The summed E-state index contributed by atoms with van der Waals surface area (Å²) in [6, 6.07) is 0. The standard InChI is InChI=1S/C9H18O/c1-3-7(2)8-5-4-6-9(8)10/h7-10H,3-6H2,1-2H3. The van der Waals surface area contributed by atoms with Crippen molar-refractivity contribution in [2.45, 2.75) is 45.6 Å². The highest BCUT2D eigenvalue weighted by atomic mass is 16.3. The summed E-state index contributed by atoms with van der Waals surface area (Å²) in [4.78, 5) is 0. The lowest BCUT2D eigenvalue weighted by Crippen LogP contribution is -2.19. The monoisotopic (exact) mass is 142 g/mol. The average Bonchev–Trinajstić information content (AvgIpc) is 2.34. The van der Waals surface area contributed by atoms with Gasteiger partial charge in [-0.15, -0.1) is 0 Å². The molecule has 1 fully saturated rings. The van der Waals surface area contributed by atoms with Crippen molar-refractivity contribution in [3.63, 3.8) is 0 Å². The molecule has 0 saturated heterocycles. The first kappa shape index (κ1) is 8.06. The Bertz CT molecular complexity index is 101. The highest BCUT2D eigenvalue weighted by Crippen LogP contribution is 2.32. The highest BCUT2D eigenvalue weighted by Gasteiger charge is 2.28. The first-order valence-corrected chi connectivity index (χ1v) is 4.43. The van der Waals surface area contributed by atoms with Crippen LogP contribution in [0.25, 0.3) is 0 Å². The third-order valence-electron chi connectivity index (χ3n) is 2.91. The van der Waals surface area contributed by atoms with Gasteiger partial charge in [-0.2, -0.15) is 0 Å². The molecular formula is C9H18O. The van der Waals surface area contributed by atoms with Crippen molar-refractivity contribution in [2.24, 2.45) is 11.8 Å². The minimum absolute atomic E-state index is 0.00921. The van der Waals surface area contributed by atoms with Crippen LogP contribution >= 0.6 is 0 Å². The lowest BCUT2D eigenvalue weighted by molar-refractivity contribution is 0.102. The summed E-state index contributed by atoms with van der Waals surface area (Å²) in [6.07, 6.45) is 4.73. The van der Waals surface area contributed by atoms with Gasteiger partial charge >= 0.3 is 0 Å². The molecule has 1 rings (SSSR count). The van der Waals surface area contributed by atoms with Gasteiger partial charge in [0.2, 0.25) is 0 Å². The topological polar surface area (TPSA) is 20.2 Å². The Labute approximate surface area is 63.4 Å². The zero-order valence-corrected chi connectivity index (χ0v) is 7.01. The number of hydrogen-bond acceptors (Lipinski definition) is 1. The molecule has 0 aromatic carbocycles. The maximum atomic E-state index is 9.49. The molecule has 1 heteroatoms. The molecule has 1 aliphatic carbocycles. The smallest absolute Gasteiger partial charge is 0.0570 e. The van der Waals surface area contributed by atoms with Crippen LogP contribution in [0.1, 0.15) is 39.5 Å². The van der Waals surface area contributed by atoms with Crippen molar-refractivity contribution in [2.75, 3.05) is 0 Å². The molecule has 0 heterocycles. The fourth-order valence-electron chi connectivity index (χ4n) is 1.94. The van der Waals surface area contributed by atoms with E-state index >= 15 is 0 Å². The number of hydrogen-bond donors (Lipinski definition) is 1. The number of rotatable bonds is 2. The summed E-state index contributed by atoms with van der Waals surface area (Å²) in [6.45, 7) is 4.45. The SMILES string of the molecule is CCC(C)C1CCCC1O. The van der Waals surface area contributed by atoms with Gasteiger partial charge in [-0.05, 0) is 24.7 Å². The highest BCUT2D eigenvalue weighted by molar-refractivity contribution is 4.79. The van der Waals surface area contributed by atoms with Crippen LogP contribution in [0.3, 0.4) is 0 Å². The van der Waals surface area contributed by atoms with E-state index in [0.29, 0.717) is 5.92 Å².